The highest BCUT2D eigenvalue weighted by Crippen LogP contribution is 2.48. The number of fused-ring (bicyclic) bond motifs is 1. The number of nitrogens with one attached hydrogen (secondary N) is 1. The van der Waals surface area contributed by atoms with Crippen LogP contribution in [0.15, 0.2) is 23.9 Å². The van der Waals surface area contributed by atoms with Crippen LogP contribution in [0.5, 0.6) is 5.75 Å². The molecule has 0 aromatic heterocycles. The predicted octanol–water partition coefficient (Wildman–Crippen LogP) is 4.50. The lowest BCUT2D eigenvalue weighted by molar-refractivity contribution is -0.266. The van der Waals surface area contributed by atoms with Crippen LogP contribution < -0.4 is 10.1 Å². The van der Waals surface area contributed by atoms with Crippen LogP contribution in [0.1, 0.15) is 44.2 Å². The Hall–Kier alpha value is -1.40. The van der Waals surface area contributed by atoms with Crippen LogP contribution >= 0.6 is 11.6 Å². The van der Waals surface area contributed by atoms with Gasteiger partial charge >= 0.3 is 6.18 Å². The average molecular weight is 390 g/mol. The summed E-state index contributed by atoms with van der Waals surface area (Å²) >= 11 is 6.17. The molecule has 2 aliphatic heterocycles. The highest BCUT2D eigenvalue weighted by molar-refractivity contribution is 6.30. The number of benzene rings is 1. The topological polar surface area (TPSA) is 41.5 Å². The van der Waals surface area contributed by atoms with E-state index in [1.807, 2.05) is 0 Å². The van der Waals surface area contributed by atoms with Gasteiger partial charge in [-0.05, 0) is 36.0 Å². The maximum absolute atomic E-state index is 13.8. The molecule has 0 radical (unpaired) electrons. The number of hydrogen-bond acceptors (Lipinski definition) is 3. The third-order valence-electron chi connectivity index (χ3n) is 5.11. The first kappa shape index (κ1) is 19.4. The van der Waals surface area contributed by atoms with E-state index in [-0.39, 0.29) is 0 Å². The Labute approximate surface area is 156 Å². The Balaban J connectivity index is 1.95. The van der Waals surface area contributed by atoms with Gasteiger partial charge in [-0.15, -0.1) is 0 Å². The molecular formula is C19H23ClF3NO2. The minimum absolute atomic E-state index is 0.438. The molecule has 1 atom stereocenters. The quantitative estimate of drug-likeness (QED) is 0.778. The van der Waals surface area contributed by atoms with Crippen LogP contribution in [0.25, 0.3) is 0 Å². The van der Waals surface area contributed by atoms with Gasteiger partial charge in [0.25, 0.3) is 0 Å². The first-order chi connectivity index (χ1) is 12.0. The van der Waals surface area contributed by atoms with Gasteiger partial charge in [-0.1, -0.05) is 31.5 Å². The van der Waals surface area contributed by atoms with Crippen LogP contribution in [0.2, 0.25) is 5.02 Å². The fraction of sp³-hybridized carbons (Fsp3) is 0.579. The van der Waals surface area contributed by atoms with Crippen molar-refractivity contribution in [3.05, 3.63) is 40.1 Å². The first-order valence-corrected chi connectivity index (χ1v) is 9.07. The lowest BCUT2D eigenvalue weighted by atomic mass is 9.73. The molecule has 0 saturated heterocycles. The van der Waals surface area contributed by atoms with E-state index in [0.717, 1.165) is 5.56 Å². The van der Waals surface area contributed by atoms with E-state index in [1.54, 1.807) is 32.1 Å². The molecule has 7 heteroatoms. The van der Waals surface area contributed by atoms with Gasteiger partial charge in [0.15, 0.2) is 5.60 Å². The molecule has 144 valence electrons. The van der Waals surface area contributed by atoms with E-state index >= 15 is 0 Å². The highest BCUT2D eigenvalue weighted by atomic mass is 35.5. The highest BCUT2D eigenvalue weighted by Gasteiger charge is 2.56. The summed E-state index contributed by atoms with van der Waals surface area (Å²) in [6, 6.07) is 3.43. The van der Waals surface area contributed by atoms with Crippen molar-refractivity contribution in [2.45, 2.75) is 56.7 Å². The van der Waals surface area contributed by atoms with E-state index in [4.69, 9.17) is 16.3 Å². The van der Waals surface area contributed by atoms with Gasteiger partial charge in [-0.25, -0.2) is 0 Å². The van der Waals surface area contributed by atoms with E-state index < -0.39 is 30.0 Å². The fourth-order valence-electron chi connectivity index (χ4n) is 3.86. The van der Waals surface area contributed by atoms with Gasteiger partial charge in [0.2, 0.25) is 0 Å². The zero-order valence-electron chi connectivity index (χ0n) is 14.8. The number of alkyl halides is 3. The van der Waals surface area contributed by atoms with Crippen LogP contribution in [0.3, 0.4) is 0 Å². The van der Waals surface area contributed by atoms with E-state index in [1.165, 1.54) is 0 Å². The summed E-state index contributed by atoms with van der Waals surface area (Å²) in [5.74, 6) is 0.599. The lowest BCUT2D eigenvalue weighted by Crippen LogP contribution is -2.50. The summed E-state index contributed by atoms with van der Waals surface area (Å²) < 4.78 is 47.0. The van der Waals surface area contributed by atoms with Crippen LogP contribution in [0.4, 0.5) is 13.2 Å². The molecule has 0 bridgehead atoms. The van der Waals surface area contributed by atoms with Gasteiger partial charge < -0.3 is 15.2 Å². The van der Waals surface area contributed by atoms with Crippen molar-refractivity contribution >= 4 is 11.6 Å². The molecule has 2 heterocycles. The normalized spacial score (nSPS) is 19.4. The Bertz CT molecular complexity index is 730. The number of ether oxygens (including phenoxy) is 1. The van der Waals surface area contributed by atoms with Crippen LogP contribution in [-0.2, 0) is 11.8 Å². The molecule has 3 nitrogen and oxygen atoms in total. The van der Waals surface area contributed by atoms with Crippen molar-refractivity contribution in [2.24, 2.45) is 0 Å². The Morgan fingerprint density at radius 3 is 2.62 bits per heavy atom. The van der Waals surface area contributed by atoms with Crippen LogP contribution in [-0.4, -0.2) is 30.0 Å². The third kappa shape index (κ3) is 3.67. The molecule has 0 amide bonds. The zero-order chi connectivity index (χ0) is 19.2. The monoisotopic (exact) mass is 389 g/mol. The summed E-state index contributed by atoms with van der Waals surface area (Å²) in [6.45, 7) is 4.46. The van der Waals surface area contributed by atoms with Gasteiger partial charge in [-0.3, -0.25) is 0 Å². The molecule has 3 rings (SSSR count). The SMILES string of the molecule is CC(C)(CC(O)(CC1=CCCN1)C(F)(F)F)c1cc(Cl)cc2c1OCC2. The number of rotatable bonds is 5. The maximum Gasteiger partial charge on any atom is 0.417 e. The second-order valence-electron chi connectivity index (χ2n) is 7.75. The molecule has 0 aliphatic carbocycles. The van der Waals surface area contributed by atoms with Crippen molar-refractivity contribution in [3.8, 4) is 5.75 Å². The summed E-state index contributed by atoms with van der Waals surface area (Å²) in [6.07, 6.45) is -2.66. The number of halogens is 4. The summed E-state index contributed by atoms with van der Waals surface area (Å²) in [7, 11) is 0. The molecular weight excluding hydrogens is 367 g/mol. The van der Waals surface area contributed by atoms with E-state index in [2.05, 4.69) is 5.32 Å². The minimum Gasteiger partial charge on any atom is -0.493 e. The standard InChI is InChI=1S/C19H23ClF3NO2/c1-17(2,15-9-13(20)8-12-5-7-26-16(12)15)11-18(25,19(21,22)23)10-14-4-3-6-24-14/h4,8-9,24-25H,3,5-7,10-11H2,1-2H3. The second-order valence-corrected chi connectivity index (χ2v) is 8.19. The molecule has 0 saturated carbocycles. The molecule has 0 spiro atoms. The molecule has 0 fully saturated rings. The average Bonchev–Trinajstić information content (AvgIpc) is 3.15. The zero-order valence-corrected chi connectivity index (χ0v) is 15.6. The Morgan fingerprint density at radius 2 is 2.00 bits per heavy atom. The maximum atomic E-state index is 13.8. The molecule has 1 aromatic rings. The first-order valence-electron chi connectivity index (χ1n) is 8.70. The van der Waals surface area contributed by atoms with Crippen molar-refractivity contribution in [3.63, 3.8) is 0 Å². The van der Waals surface area contributed by atoms with Crippen molar-refractivity contribution < 1.29 is 23.0 Å². The smallest absolute Gasteiger partial charge is 0.417 e. The predicted molar refractivity (Wildman–Crippen MR) is 94.6 cm³/mol. The van der Waals surface area contributed by atoms with E-state index in [0.29, 0.717) is 48.0 Å². The number of hydrogen-bond donors (Lipinski definition) is 2. The Kier molecular flexibility index (Phi) is 4.95. The fourth-order valence-corrected chi connectivity index (χ4v) is 4.10. The molecule has 2 aliphatic rings. The summed E-state index contributed by atoms with van der Waals surface area (Å²) in [5.41, 5.74) is -1.88. The Morgan fingerprint density at radius 1 is 1.27 bits per heavy atom. The van der Waals surface area contributed by atoms with E-state index in [9.17, 15) is 18.3 Å². The van der Waals surface area contributed by atoms with Gasteiger partial charge in [0, 0.05) is 35.7 Å². The second kappa shape index (κ2) is 6.64. The van der Waals surface area contributed by atoms with Crippen molar-refractivity contribution in [2.75, 3.05) is 13.2 Å². The van der Waals surface area contributed by atoms with Gasteiger partial charge in [-0.2, -0.15) is 13.2 Å². The largest absolute Gasteiger partial charge is 0.493 e. The summed E-state index contributed by atoms with van der Waals surface area (Å²) in [4.78, 5) is 0. The van der Waals surface area contributed by atoms with Gasteiger partial charge in [0.05, 0.1) is 6.61 Å². The van der Waals surface area contributed by atoms with Crippen molar-refractivity contribution in [1.82, 2.24) is 5.32 Å². The molecule has 26 heavy (non-hydrogen) atoms. The van der Waals surface area contributed by atoms with Crippen LogP contribution in [0, 0.1) is 0 Å². The van der Waals surface area contributed by atoms with Crippen molar-refractivity contribution in [1.29, 1.82) is 0 Å². The number of aliphatic hydroxyl groups is 1. The lowest BCUT2D eigenvalue weighted by Gasteiger charge is -2.38. The van der Waals surface area contributed by atoms with Gasteiger partial charge in [0.1, 0.15) is 5.75 Å². The molecule has 1 aromatic carbocycles. The summed E-state index contributed by atoms with van der Waals surface area (Å²) in [5, 5.41) is 14.0. The molecule has 2 N–H and O–H groups in total. The third-order valence-corrected chi connectivity index (χ3v) is 5.33. The molecule has 1 unspecified atom stereocenters. The minimum atomic E-state index is -4.75.